The van der Waals surface area contributed by atoms with Gasteiger partial charge in [-0.1, -0.05) is 5.16 Å². The molecule has 1 unspecified atom stereocenters. The van der Waals surface area contributed by atoms with E-state index in [0.717, 1.165) is 24.4 Å². The number of amides is 1. The van der Waals surface area contributed by atoms with Gasteiger partial charge in [0.2, 0.25) is 5.91 Å². The van der Waals surface area contributed by atoms with Crippen LogP contribution in [0.2, 0.25) is 0 Å². The van der Waals surface area contributed by atoms with Crippen molar-refractivity contribution in [2.45, 2.75) is 38.7 Å². The number of likely N-dealkylation sites (tertiary alicyclic amines) is 2. The summed E-state index contributed by atoms with van der Waals surface area (Å²) in [4.78, 5) is 16.2. The lowest BCUT2D eigenvalue weighted by Gasteiger charge is -2.33. The third-order valence-electron chi connectivity index (χ3n) is 4.49. The molecule has 22 heavy (non-hydrogen) atoms. The zero-order valence-electron chi connectivity index (χ0n) is 12.7. The van der Waals surface area contributed by atoms with Crippen LogP contribution in [0, 0.1) is 12.8 Å². The number of hydrogen-bond donors (Lipinski definition) is 0. The van der Waals surface area contributed by atoms with E-state index in [1.54, 1.807) is 4.90 Å². The Bertz CT molecular complexity index is 537. The molecule has 0 bridgehead atoms. The number of nitrogens with zero attached hydrogens (tertiary/aromatic N) is 3. The van der Waals surface area contributed by atoms with Gasteiger partial charge in [0.25, 0.3) is 5.92 Å². The van der Waals surface area contributed by atoms with Crippen molar-refractivity contribution in [1.82, 2.24) is 15.0 Å². The van der Waals surface area contributed by atoms with Crippen LogP contribution in [0.1, 0.15) is 30.7 Å². The number of alkyl halides is 2. The van der Waals surface area contributed by atoms with Gasteiger partial charge in [0.15, 0.2) is 0 Å². The van der Waals surface area contributed by atoms with Gasteiger partial charge >= 0.3 is 0 Å². The predicted molar refractivity (Wildman–Crippen MR) is 75.4 cm³/mol. The lowest BCUT2D eigenvalue weighted by Crippen LogP contribution is -2.45. The van der Waals surface area contributed by atoms with E-state index in [-0.39, 0.29) is 37.8 Å². The average molecular weight is 313 g/mol. The fourth-order valence-electron chi connectivity index (χ4n) is 3.21. The van der Waals surface area contributed by atoms with Crippen LogP contribution in [0.25, 0.3) is 0 Å². The molecule has 0 aromatic carbocycles. The van der Waals surface area contributed by atoms with Crippen LogP contribution in [-0.2, 0) is 11.3 Å². The van der Waals surface area contributed by atoms with Gasteiger partial charge in [0, 0.05) is 45.1 Å². The minimum Gasteiger partial charge on any atom is -0.361 e. The molecular weight excluding hydrogens is 292 g/mol. The number of rotatable bonds is 3. The van der Waals surface area contributed by atoms with Gasteiger partial charge in [-0.2, -0.15) is 0 Å². The summed E-state index contributed by atoms with van der Waals surface area (Å²) in [6.45, 7) is 4.34. The molecular formula is C15H21F2N3O2. The molecule has 2 aliphatic rings. The number of carbonyl (C=O) groups is 1. The largest absolute Gasteiger partial charge is 0.361 e. The first kappa shape index (κ1) is 15.4. The molecule has 1 atom stereocenters. The summed E-state index contributed by atoms with van der Waals surface area (Å²) in [6.07, 6.45) is 0.351. The van der Waals surface area contributed by atoms with Crippen molar-refractivity contribution < 1.29 is 18.1 Å². The predicted octanol–water partition coefficient (Wildman–Crippen LogP) is 2.06. The van der Waals surface area contributed by atoms with E-state index in [2.05, 4.69) is 10.1 Å². The van der Waals surface area contributed by atoms with Gasteiger partial charge in [0.1, 0.15) is 5.76 Å². The maximum atomic E-state index is 13.2. The topological polar surface area (TPSA) is 49.6 Å². The van der Waals surface area contributed by atoms with Gasteiger partial charge < -0.3 is 9.42 Å². The Labute approximate surface area is 128 Å². The maximum absolute atomic E-state index is 13.2. The van der Waals surface area contributed by atoms with E-state index in [9.17, 15) is 13.6 Å². The molecule has 0 N–H and O–H groups in total. The second-order valence-corrected chi connectivity index (χ2v) is 6.33. The monoisotopic (exact) mass is 313 g/mol. The Kier molecular flexibility index (Phi) is 4.16. The second kappa shape index (κ2) is 5.95. The molecule has 0 spiro atoms. The molecule has 0 radical (unpaired) electrons. The highest BCUT2D eigenvalue weighted by molar-refractivity contribution is 5.79. The molecule has 5 nitrogen and oxygen atoms in total. The summed E-state index contributed by atoms with van der Waals surface area (Å²) in [5.41, 5.74) is 0.864. The van der Waals surface area contributed by atoms with Crippen LogP contribution in [0.15, 0.2) is 10.6 Å². The van der Waals surface area contributed by atoms with Gasteiger partial charge in [-0.05, 0) is 19.9 Å². The minimum absolute atomic E-state index is 0.0225. The fraction of sp³-hybridized carbons (Fsp3) is 0.733. The molecule has 1 aromatic rings. The highest BCUT2D eigenvalue weighted by Gasteiger charge is 2.38. The summed E-state index contributed by atoms with van der Waals surface area (Å²) < 4.78 is 31.4. The Morgan fingerprint density at radius 1 is 1.41 bits per heavy atom. The Hall–Kier alpha value is -1.50. The number of aryl methyl sites for hydroxylation is 1. The summed E-state index contributed by atoms with van der Waals surface area (Å²) in [5, 5.41) is 3.96. The Morgan fingerprint density at radius 3 is 2.77 bits per heavy atom. The highest BCUT2D eigenvalue weighted by Crippen LogP contribution is 2.29. The van der Waals surface area contributed by atoms with Crippen LogP contribution < -0.4 is 0 Å². The molecule has 2 saturated heterocycles. The lowest BCUT2D eigenvalue weighted by molar-refractivity contribution is -0.141. The first-order valence-electron chi connectivity index (χ1n) is 7.74. The third-order valence-corrected chi connectivity index (χ3v) is 4.49. The smallest absolute Gasteiger partial charge is 0.251 e. The van der Waals surface area contributed by atoms with Crippen molar-refractivity contribution >= 4 is 5.91 Å². The summed E-state index contributed by atoms with van der Waals surface area (Å²) in [6, 6.07) is 1.89. The molecule has 1 aromatic heterocycles. The van der Waals surface area contributed by atoms with Gasteiger partial charge in [-0.15, -0.1) is 0 Å². The highest BCUT2D eigenvalue weighted by atomic mass is 19.3. The molecule has 2 aliphatic heterocycles. The molecule has 3 heterocycles. The molecule has 0 saturated carbocycles. The van der Waals surface area contributed by atoms with Gasteiger partial charge in [0.05, 0.1) is 11.6 Å². The standard InChI is InChI=1S/C15H21F2N3O2/c1-11-8-13(18-22-11)10-19-5-2-12(9-19)14(21)20-6-3-15(16,17)4-7-20/h8,12H,2-7,9-10H2,1H3. The minimum atomic E-state index is -2.61. The Balaban J connectivity index is 1.51. The SMILES string of the molecule is Cc1cc(CN2CCC(C(=O)N3CCC(F)(F)CC3)C2)no1. The normalized spacial score (nSPS) is 25.6. The van der Waals surface area contributed by atoms with Crippen LogP contribution in [-0.4, -0.2) is 53.0 Å². The zero-order valence-corrected chi connectivity index (χ0v) is 12.7. The van der Waals surface area contributed by atoms with E-state index >= 15 is 0 Å². The van der Waals surface area contributed by atoms with Crippen molar-refractivity contribution in [1.29, 1.82) is 0 Å². The van der Waals surface area contributed by atoms with Crippen molar-refractivity contribution in [2.24, 2.45) is 5.92 Å². The van der Waals surface area contributed by atoms with Crippen LogP contribution >= 0.6 is 0 Å². The fourth-order valence-corrected chi connectivity index (χ4v) is 3.21. The molecule has 2 fully saturated rings. The summed E-state index contributed by atoms with van der Waals surface area (Å²) in [5.74, 6) is -1.89. The third kappa shape index (κ3) is 3.45. The van der Waals surface area contributed by atoms with Crippen molar-refractivity contribution in [2.75, 3.05) is 26.2 Å². The summed E-state index contributed by atoms with van der Waals surface area (Å²) in [7, 11) is 0. The average Bonchev–Trinajstić information content (AvgIpc) is 3.08. The molecule has 122 valence electrons. The van der Waals surface area contributed by atoms with E-state index in [1.165, 1.54) is 0 Å². The van der Waals surface area contributed by atoms with Crippen molar-refractivity contribution in [3.8, 4) is 0 Å². The molecule has 3 rings (SSSR count). The molecule has 0 aliphatic carbocycles. The first-order chi connectivity index (χ1) is 10.4. The van der Waals surface area contributed by atoms with Crippen molar-refractivity contribution in [3.63, 3.8) is 0 Å². The number of carbonyl (C=O) groups excluding carboxylic acids is 1. The van der Waals surface area contributed by atoms with Crippen LogP contribution in [0.3, 0.4) is 0 Å². The molecule has 1 amide bonds. The van der Waals surface area contributed by atoms with Crippen LogP contribution in [0.4, 0.5) is 8.78 Å². The van der Waals surface area contributed by atoms with Gasteiger partial charge in [-0.3, -0.25) is 9.69 Å². The number of halogens is 2. The van der Waals surface area contributed by atoms with Crippen LogP contribution in [0.5, 0.6) is 0 Å². The van der Waals surface area contributed by atoms with E-state index < -0.39 is 5.92 Å². The van der Waals surface area contributed by atoms with Crippen molar-refractivity contribution in [3.05, 3.63) is 17.5 Å². The Morgan fingerprint density at radius 2 is 2.14 bits per heavy atom. The number of piperidine rings is 1. The second-order valence-electron chi connectivity index (χ2n) is 6.33. The van der Waals surface area contributed by atoms with E-state index in [0.29, 0.717) is 13.1 Å². The first-order valence-corrected chi connectivity index (χ1v) is 7.74. The lowest BCUT2D eigenvalue weighted by atomic mass is 10.0. The molecule has 7 heteroatoms. The summed E-state index contributed by atoms with van der Waals surface area (Å²) >= 11 is 0. The number of hydrogen-bond acceptors (Lipinski definition) is 4. The zero-order chi connectivity index (χ0) is 15.7. The van der Waals surface area contributed by atoms with Gasteiger partial charge in [-0.25, -0.2) is 8.78 Å². The van der Waals surface area contributed by atoms with E-state index in [4.69, 9.17) is 4.52 Å². The van der Waals surface area contributed by atoms with E-state index in [1.807, 2.05) is 13.0 Å². The maximum Gasteiger partial charge on any atom is 0.251 e. The quantitative estimate of drug-likeness (QED) is 0.857. The number of aromatic nitrogens is 1.